The first-order valence-electron chi connectivity index (χ1n) is 7.09. The molecule has 0 atom stereocenters. The van der Waals surface area contributed by atoms with E-state index in [2.05, 4.69) is 39.1 Å². The van der Waals surface area contributed by atoms with E-state index < -0.39 is 0 Å². The fourth-order valence-electron chi connectivity index (χ4n) is 1.81. The van der Waals surface area contributed by atoms with E-state index in [1.165, 1.54) is 50.6 Å². The van der Waals surface area contributed by atoms with Crippen LogP contribution in [0.2, 0.25) is 0 Å². The van der Waals surface area contributed by atoms with E-state index in [4.69, 9.17) is 0 Å². The number of hydrogen-bond acceptors (Lipinski definition) is 1. The van der Waals surface area contributed by atoms with Crippen LogP contribution in [0.1, 0.15) is 72.6 Å². The molecule has 0 spiro atoms. The van der Waals surface area contributed by atoms with Crippen molar-refractivity contribution in [3.05, 3.63) is 11.8 Å². The van der Waals surface area contributed by atoms with Crippen LogP contribution in [0, 0.1) is 5.92 Å². The Morgan fingerprint density at radius 2 is 1.88 bits per heavy atom. The van der Waals surface area contributed by atoms with E-state index in [0.29, 0.717) is 0 Å². The van der Waals surface area contributed by atoms with Gasteiger partial charge in [-0.1, -0.05) is 52.5 Å². The first kappa shape index (κ1) is 15.5. The third-order valence-corrected chi connectivity index (χ3v) is 2.96. The summed E-state index contributed by atoms with van der Waals surface area (Å²) in [6.07, 6.45) is 11.5. The van der Waals surface area contributed by atoms with Crippen LogP contribution in [0.25, 0.3) is 0 Å². The molecule has 0 aliphatic rings. The van der Waals surface area contributed by atoms with Crippen molar-refractivity contribution < 1.29 is 0 Å². The van der Waals surface area contributed by atoms with Crippen LogP contribution in [0.5, 0.6) is 0 Å². The molecule has 0 aliphatic heterocycles. The van der Waals surface area contributed by atoms with Gasteiger partial charge in [0.2, 0.25) is 0 Å². The molecule has 1 N–H and O–H groups in total. The topological polar surface area (TPSA) is 12.0 Å². The third kappa shape index (κ3) is 10.1. The van der Waals surface area contributed by atoms with Crippen LogP contribution in [0.3, 0.4) is 0 Å². The first-order chi connectivity index (χ1) is 7.70. The lowest BCUT2D eigenvalue weighted by Gasteiger charge is -2.10. The third-order valence-electron chi connectivity index (χ3n) is 2.96. The normalized spacial score (nSPS) is 12.2. The lowest BCUT2D eigenvalue weighted by molar-refractivity contribution is 0.521. The standard InChI is InChI=1S/C15H31N/c1-5-7-12-15(6-2)16-13-10-8-9-11-14(3)4/h6,14,16H,5,7-13H2,1-4H3/b15-6-. The fourth-order valence-corrected chi connectivity index (χ4v) is 1.81. The van der Waals surface area contributed by atoms with E-state index in [1.807, 2.05) is 0 Å². The Hall–Kier alpha value is -0.460. The van der Waals surface area contributed by atoms with Crippen molar-refractivity contribution in [2.24, 2.45) is 5.92 Å². The maximum absolute atomic E-state index is 3.55. The highest BCUT2D eigenvalue weighted by atomic mass is 14.9. The van der Waals surface area contributed by atoms with Crippen LogP contribution < -0.4 is 5.32 Å². The predicted octanol–water partition coefficient (Wildman–Crippen LogP) is 4.89. The lowest BCUT2D eigenvalue weighted by Crippen LogP contribution is -2.14. The zero-order valence-electron chi connectivity index (χ0n) is 11.8. The molecule has 0 aromatic carbocycles. The van der Waals surface area contributed by atoms with Gasteiger partial charge >= 0.3 is 0 Å². The molecule has 16 heavy (non-hydrogen) atoms. The Bertz CT molecular complexity index is 170. The molecule has 0 aliphatic carbocycles. The van der Waals surface area contributed by atoms with Gasteiger partial charge in [0.05, 0.1) is 0 Å². The summed E-state index contributed by atoms with van der Waals surface area (Å²) in [6, 6.07) is 0. The fraction of sp³-hybridized carbons (Fsp3) is 0.867. The second kappa shape index (κ2) is 11.0. The number of rotatable bonds is 10. The van der Waals surface area contributed by atoms with Gasteiger partial charge in [-0.3, -0.25) is 0 Å². The van der Waals surface area contributed by atoms with Gasteiger partial charge in [0.15, 0.2) is 0 Å². The van der Waals surface area contributed by atoms with Gasteiger partial charge < -0.3 is 5.32 Å². The molecular formula is C15H31N. The summed E-state index contributed by atoms with van der Waals surface area (Å²) in [4.78, 5) is 0. The van der Waals surface area contributed by atoms with Crippen LogP contribution in [0.15, 0.2) is 11.8 Å². The molecular weight excluding hydrogens is 194 g/mol. The Kier molecular flexibility index (Phi) is 10.7. The molecule has 0 rings (SSSR count). The van der Waals surface area contributed by atoms with Gasteiger partial charge in [-0.2, -0.15) is 0 Å². The van der Waals surface area contributed by atoms with Crippen molar-refractivity contribution in [2.75, 3.05) is 6.54 Å². The summed E-state index contributed by atoms with van der Waals surface area (Å²) >= 11 is 0. The van der Waals surface area contributed by atoms with Crippen LogP contribution in [-0.2, 0) is 0 Å². The largest absolute Gasteiger partial charge is 0.389 e. The highest BCUT2D eigenvalue weighted by Gasteiger charge is 1.96. The molecule has 1 nitrogen and oxygen atoms in total. The molecule has 0 unspecified atom stereocenters. The second-order valence-electron chi connectivity index (χ2n) is 5.09. The summed E-state index contributed by atoms with van der Waals surface area (Å²) in [5.74, 6) is 0.864. The Labute approximate surface area is 103 Å². The maximum Gasteiger partial charge on any atom is 0.0143 e. The molecule has 0 saturated heterocycles. The quantitative estimate of drug-likeness (QED) is 0.522. The maximum atomic E-state index is 3.55. The molecule has 0 aromatic heterocycles. The van der Waals surface area contributed by atoms with Crippen molar-refractivity contribution in [2.45, 2.75) is 72.6 Å². The SMILES string of the molecule is C/C=C(/CCCC)NCCCCCC(C)C. The Morgan fingerprint density at radius 1 is 1.12 bits per heavy atom. The summed E-state index contributed by atoms with van der Waals surface area (Å²) in [6.45, 7) is 10.2. The van der Waals surface area contributed by atoms with E-state index in [1.54, 1.807) is 0 Å². The zero-order chi connectivity index (χ0) is 12.2. The number of nitrogens with one attached hydrogen (secondary N) is 1. The van der Waals surface area contributed by atoms with Gasteiger partial charge in [0.1, 0.15) is 0 Å². The molecule has 0 heterocycles. The molecule has 96 valence electrons. The molecule has 0 radical (unpaired) electrons. The minimum atomic E-state index is 0.864. The second-order valence-corrected chi connectivity index (χ2v) is 5.09. The van der Waals surface area contributed by atoms with Crippen LogP contribution in [0.4, 0.5) is 0 Å². The van der Waals surface area contributed by atoms with Crippen LogP contribution in [-0.4, -0.2) is 6.54 Å². The van der Waals surface area contributed by atoms with Crippen molar-refractivity contribution in [3.8, 4) is 0 Å². The van der Waals surface area contributed by atoms with E-state index in [0.717, 1.165) is 12.5 Å². The predicted molar refractivity (Wildman–Crippen MR) is 74.6 cm³/mol. The molecule has 0 fully saturated rings. The van der Waals surface area contributed by atoms with Gasteiger partial charge in [-0.25, -0.2) is 0 Å². The molecule has 0 saturated carbocycles. The van der Waals surface area contributed by atoms with E-state index in [9.17, 15) is 0 Å². The van der Waals surface area contributed by atoms with Crippen molar-refractivity contribution in [1.29, 1.82) is 0 Å². The highest BCUT2D eigenvalue weighted by Crippen LogP contribution is 2.08. The lowest BCUT2D eigenvalue weighted by atomic mass is 10.1. The summed E-state index contributed by atoms with van der Waals surface area (Å²) in [5.41, 5.74) is 1.44. The highest BCUT2D eigenvalue weighted by molar-refractivity contribution is 4.97. The van der Waals surface area contributed by atoms with Gasteiger partial charge in [0.25, 0.3) is 0 Å². The van der Waals surface area contributed by atoms with E-state index in [-0.39, 0.29) is 0 Å². The van der Waals surface area contributed by atoms with Crippen molar-refractivity contribution >= 4 is 0 Å². The van der Waals surface area contributed by atoms with Gasteiger partial charge in [-0.05, 0) is 32.1 Å². The van der Waals surface area contributed by atoms with Crippen molar-refractivity contribution in [1.82, 2.24) is 5.32 Å². The monoisotopic (exact) mass is 225 g/mol. The smallest absolute Gasteiger partial charge is 0.0143 e. The Balaban J connectivity index is 3.35. The first-order valence-corrected chi connectivity index (χ1v) is 7.09. The summed E-state index contributed by atoms with van der Waals surface area (Å²) in [7, 11) is 0. The molecule has 1 heteroatoms. The van der Waals surface area contributed by atoms with Crippen LogP contribution >= 0.6 is 0 Å². The number of hydrogen-bond donors (Lipinski definition) is 1. The molecule has 0 amide bonds. The number of allylic oxidation sites excluding steroid dienone is 2. The molecule has 0 bridgehead atoms. The summed E-state index contributed by atoms with van der Waals surface area (Å²) in [5, 5.41) is 3.55. The minimum Gasteiger partial charge on any atom is -0.389 e. The van der Waals surface area contributed by atoms with Crippen molar-refractivity contribution in [3.63, 3.8) is 0 Å². The zero-order valence-corrected chi connectivity index (χ0v) is 11.8. The van der Waals surface area contributed by atoms with Gasteiger partial charge in [0, 0.05) is 12.2 Å². The van der Waals surface area contributed by atoms with E-state index >= 15 is 0 Å². The minimum absolute atomic E-state index is 0.864. The average molecular weight is 225 g/mol. The average Bonchev–Trinajstić information content (AvgIpc) is 2.26. The van der Waals surface area contributed by atoms with Gasteiger partial charge in [-0.15, -0.1) is 0 Å². The Morgan fingerprint density at radius 3 is 2.44 bits per heavy atom. The number of unbranched alkanes of at least 4 members (excludes halogenated alkanes) is 3. The molecule has 0 aromatic rings. The summed E-state index contributed by atoms with van der Waals surface area (Å²) < 4.78 is 0.